The van der Waals surface area contributed by atoms with E-state index in [1.807, 2.05) is 4.57 Å². The molecule has 0 spiro atoms. The Hall–Kier alpha value is -1.74. The summed E-state index contributed by atoms with van der Waals surface area (Å²) in [6.45, 7) is 0.414. The number of rotatable bonds is 5. The Morgan fingerprint density at radius 1 is 1.23 bits per heavy atom. The molecule has 22 heavy (non-hydrogen) atoms. The molecule has 0 aromatic carbocycles. The maximum absolute atomic E-state index is 6.07. The summed E-state index contributed by atoms with van der Waals surface area (Å²) in [5, 5.41) is 0. The molecule has 1 fully saturated rings. The summed E-state index contributed by atoms with van der Waals surface area (Å²) in [4.78, 5) is 8.67. The van der Waals surface area contributed by atoms with E-state index >= 15 is 0 Å². The highest BCUT2D eigenvalue weighted by Gasteiger charge is 2.46. The van der Waals surface area contributed by atoms with Crippen LogP contribution in [0.1, 0.15) is 6.23 Å². The molecule has 0 bridgehead atoms. The first-order chi connectivity index (χ1) is 10.7. The Morgan fingerprint density at radius 2 is 2.00 bits per heavy atom. The predicted octanol–water partition coefficient (Wildman–Crippen LogP) is 0.587. The van der Waals surface area contributed by atoms with Crippen molar-refractivity contribution in [3.8, 4) is 0 Å². The van der Waals surface area contributed by atoms with Crippen molar-refractivity contribution in [3.63, 3.8) is 0 Å². The number of imidazole rings is 1. The molecule has 2 unspecified atom stereocenters. The lowest BCUT2D eigenvalue weighted by Crippen LogP contribution is -2.36. The highest BCUT2D eigenvalue weighted by molar-refractivity contribution is 5.83. The lowest BCUT2D eigenvalue weighted by atomic mass is 10.1. The zero-order valence-corrected chi connectivity index (χ0v) is 12.8. The van der Waals surface area contributed by atoms with Crippen molar-refractivity contribution in [2.24, 2.45) is 0 Å². The van der Waals surface area contributed by atoms with E-state index in [2.05, 4.69) is 9.97 Å². The summed E-state index contributed by atoms with van der Waals surface area (Å²) in [5.74, 6) is 0. The van der Waals surface area contributed by atoms with Gasteiger partial charge in [-0.25, -0.2) is 9.97 Å². The molecule has 3 heterocycles. The molecule has 3 rings (SSSR count). The normalized spacial score (nSPS) is 28.5. The molecule has 8 heteroatoms. The summed E-state index contributed by atoms with van der Waals surface area (Å²) in [6.07, 6.45) is 2.12. The second kappa shape index (κ2) is 6.17. The summed E-state index contributed by atoms with van der Waals surface area (Å²) in [6, 6.07) is 1.72. The summed E-state index contributed by atoms with van der Waals surface area (Å²) < 4.78 is 24.2. The summed E-state index contributed by atoms with van der Waals surface area (Å²) >= 11 is 0. The van der Waals surface area contributed by atoms with Crippen molar-refractivity contribution in [1.82, 2.24) is 14.5 Å². The third-order valence-corrected chi connectivity index (χ3v) is 3.93. The molecule has 1 aliphatic heterocycles. The number of aromatic nitrogens is 3. The Morgan fingerprint density at radius 3 is 2.68 bits per heavy atom. The van der Waals surface area contributed by atoms with Gasteiger partial charge in [-0.1, -0.05) is 0 Å². The second-order valence-electron chi connectivity index (χ2n) is 5.15. The molecule has 8 nitrogen and oxygen atoms in total. The summed E-state index contributed by atoms with van der Waals surface area (Å²) in [5.41, 5.74) is 7.80. The average Bonchev–Trinajstić information content (AvgIpc) is 3.09. The number of anilines is 1. The van der Waals surface area contributed by atoms with Crippen molar-refractivity contribution in [2.75, 3.05) is 33.7 Å². The number of hydrogen-bond acceptors (Lipinski definition) is 7. The quantitative estimate of drug-likeness (QED) is 0.863. The largest absolute Gasteiger partial charge is 0.397 e. The first-order valence-electron chi connectivity index (χ1n) is 6.98. The molecule has 0 radical (unpaired) electrons. The van der Waals surface area contributed by atoms with Gasteiger partial charge in [0.05, 0.1) is 18.6 Å². The zero-order chi connectivity index (χ0) is 15.7. The van der Waals surface area contributed by atoms with E-state index in [0.717, 1.165) is 0 Å². The molecule has 2 aromatic heterocycles. The Kier molecular flexibility index (Phi) is 4.25. The number of hydrogen-bond donors (Lipinski definition) is 1. The number of nitrogens with zero attached hydrogens (tertiary/aromatic N) is 3. The van der Waals surface area contributed by atoms with E-state index in [1.54, 1.807) is 39.9 Å². The van der Waals surface area contributed by atoms with Gasteiger partial charge < -0.3 is 24.7 Å². The number of pyridine rings is 1. The first-order valence-corrected chi connectivity index (χ1v) is 6.98. The van der Waals surface area contributed by atoms with Crippen molar-refractivity contribution in [2.45, 2.75) is 24.5 Å². The van der Waals surface area contributed by atoms with E-state index < -0.39 is 6.23 Å². The Labute approximate surface area is 128 Å². The van der Waals surface area contributed by atoms with Gasteiger partial charge in [0.15, 0.2) is 11.9 Å². The van der Waals surface area contributed by atoms with Crippen LogP contribution in [0.4, 0.5) is 5.69 Å². The van der Waals surface area contributed by atoms with E-state index in [0.29, 0.717) is 23.5 Å². The highest BCUT2D eigenvalue weighted by atomic mass is 16.6. The van der Waals surface area contributed by atoms with E-state index in [9.17, 15) is 0 Å². The lowest BCUT2D eigenvalue weighted by molar-refractivity contribution is -0.0636. The third kappa shape index (κ3) is 2.34. The van der Waals surface area contributed by atoms with Gasteiger partial charge in [0.2, 0.25) is 0 Å². The van der Waals surface area contributed by atoms with Crippen molar-refractivity contribution in [1.29, 1.82) is 0 Å². The van der Waals surface area contributed by atoms with Gasteiger partial charge in [0.25, 0.3) is 0 Å². The summed E-state index contributed by atoms with van der Waals surface area (Å²) in [7, 11) is 4.89. The molecule has 1 saturated heterocycles. The zero-order valence-electron chi connectivity index (χ0n) is 12.8. The number of nitrogen functional groups attached to an aromatic ring is 1. The van der Waals surface area contributed by atoms with E-state index in [1.165, 1.54) is 0 Å². The van der Waals surface area contributed by atoms with Crippen LogP contribution in [-0.4, -0.2) is 60.8 Å². The first kappa shape index (κ1) is 15.2. The van der Waals surface area contributed by atoms with Crippen molar-refractivity contribution in [3.05, 3.63) is 18.6 Å². The number of ether oxygens (including phenoxy) is 4. The third-order valence-electron chi connectivity index (χ3n) is 3.93. The van der Waals surface area contributed by atoms with Crippen LogP contribution in [0.25, 0.3) is 11.2 Å². The van der Waals surface area contributed by atoms with Crippen LogP contribution in [0.3, 0.4) is 0 Å². The molecule has 0 saturated carbocycles. The average molecular weight is 308 g/mol. The van der Waals surface area contributed by atoms with Gasteiger partial charge in [0.1, 0.15) is 23.8 Å². The fourth-order valence-corrected chi connectivity index (χ4v) is 2.91. The number of nitrogens with two attached hydrogens (primary N) is 1. The standard InChI is InChI=1S/C14H20N4O4/c1-19-6-9-11(20-2)12(21-3)14(22-9)18-7-17-10-8(15)4-5-16-13(10)18/h4-5,7,9,11-12,14H,6H2,1-3H3,(H2,15,16)/t9-,11?,12?,14-/m1/s1. The van der Waals surface area contributed by atoms with Crippen LogP contribution in [-0.2, 0) is 18.9 Å². The van der Waals surface area contributed by atoms with Gasteiger partial charge in [-0.05, 0) is 6.07 Å². The molecular formula is C14H20N4O4. The second-order valence-corrected chi connectivity index (χ2v) is 5.15. The maximum atomic E-state index is 6.07. The molecule has 0 amide bonds. The molecule has 120 valence electrons. The van der Waals surface area contributed by atoms with E-state index in [4.69, 9.17) is 24.7 Å². The number of methoxy groups -OCH3 is 3. The van der Waals surface area contributed by atoms with Gasteiger partial charge in [0, 0.05) is 27.5 Å². The predicted molar refractivity (Wildman–Crippen MR) is 79.3 cm³/mol. The minimum absolute atomic E-state index is 0.233. The smallest absolute Gasteiger partial charge is 0.166 e. The van der Waals surface area contributed by atoms with Crippen molar-refractivity contribution >= 4 is 16.9 Å². The fourth-order valence-electron chi connectivity index (χ4n) is 2.91. The minimum atomic E-state index is -0.408. The van der Waals surface area contributed by atoms with Crippen LogP contribution < -0.4 is 5.73 Å². The van der Waals surface area contributed by atoms with Gasteiger partial charge in [-0.3, -0.25) is 4.57 Å². The van der Waals surface area contributed by atoms with Gasteiger partial charge >= 0.3 is 0 Å². The number of fused-ring (bicyclic) bond motifs is 1. The molecule has 2 aromatic rings. The molecular weight excluding hydrogens is 288 g/mol. The van der Waals surface area contributed by atoms with Gasteiger partial charge in [-0.15, -0.1) is 0 Å². The SMILES string of the molecule is COC[C@H]1O[C@@H](n2cnc3c(N)ccnc32)C(OC)C1OC. The molecule has 0 aliphatic carbocycles. The molecule has 2 N–H and O–H groups in total. The van der Waals surface area contributed by atoms with Crippen molar-refractivity contribution < 1.29 is 18.9 Å². The van der Waals surface area contributed by atoms with E-state index in [-0.39, 0.29) is 18.3 Å². The van der Waals surface area contributed by atoms with Crippen LogP contribution >= 0.6 is 0 Å². The minimum Gasteiger partial charge on any atom is -0.397 e. The van der Waals surface area contributed by atoms with Gasteiger partial charge in [-0.2, -0.15) is 0 Å². The monoisotopic (exact) mass is 308 g/mol. The molecule has 4 atom stereocenters. The van der Waals surface area contributed by atoms with Crippen LogP contribution in [0.2, 0.25) is 0 Å². The topological polar surface area (TPSA) is 93.7 Å². The molecule has 1 aliphatic rings. The Balaban J connectivity index is 2.00. The van der Waals surface area contributed by atoms with Crippen LogP contribution in [0.5, 0.6) is 0 Å². The van der Waals surface area contributed by atoms with Crippen LogP contribution in [0, 0.1) is 0 Å². The maximum Gasteiger partial charge on any atom is 0.166 e. The van der Waals surface area contributed by atoms with Crippen LogP contribution in [0.15, 0.2) is 18.6 Å². The lowest BCUT2D eigenvalue weighted by Gasteiger charge is -2.21. The Bertz CT molecular complexity index is 647. The fraction of sp³-hybridized carbons (Fsp3) is 0.571. The highest BCUT2D eigenvalue weighted by Crippen LogP contribution is 2.35.